The van der Waals surface area contributed by atoms with Crippen molar-refractivity contribution in [2.24, 2.45) is 0 Å². The van der Waals surface area contributed by atoms with E-state index in [1.807, 2.05) is 24.3 Å². The second kappa shape index (κ2) is 3.10. The number of carbonyl (C=O) groups excluding carboxylic acids is 2. The van der Waals surface area contributed by atoms with Gasteiger partial charge in [-0.15, -0.1) is 0 Å². The molecule has 0 saturated carbocycles. The molecule has 0 spiro atoms. The fraction of sp³-hybridized carbons (Fsp3) is 0.143. The van der Waals surface area contributed by atoms with Gasteiger partial charge in [0.05, 0.1) is 5.57 Å². The number of aromatic nitrogens is 1. The molecule has 0 fully saturated rings. The lowest BCUT2D eigenvalue weighted by Crippen LogP contribution is -2.22. The number of imide groups is 1. The Balaban J connectivity index is 2.11. The Morgan fingerprint density at radius 1 is 1.00 bits per heavy atom. The molecule has 2 aliphatic rings. The van der Waals surface area contributed by atoms with Gasteiger partial charge in [-0.25, -0.2) is 0 Å². The molecule has 0 atom stereocenters. The molecule has 0 radical (unpaired) electrons. The number of H-pyrrole nitrogens is 1. The predicted octanol–water partition coefficient (Wildman–Crippen LogP) is 1.52. The lowest BCUT2D eigenvalue weighted by atomic mass is 9.89. The van der Waals surface area contributed by atoms with Crippen molar-refractivity contribution in [3.63, 3.8) is 0 Å². The van der Waals surface area contributed by atoms with Crippen molar-refractivity contribution in [1.82, 2.24) is 10.3 Å². The fourth-order valence-corrected chi connectivity index (χ4v) is 2.92. The second-order valence-corrected chi connectivity index (χ2v) is 4.66. The molecule has 2 aromatic rings. The van der Waals surface area contributed by atoms with Crippen LogP contribution in [0.5, 0.6) is 0 Å². The minimum atomic E-state index is -0.263. The van der Waals surface area contributed by atoms with Gasteiger partial charge in [0.1, 0.15) is 0 Å². The van der Waals surface area contributed by atoms with Crippen molar-refractivity contribution in [2.45, 2.75) is 12.8 Å². The van der Waals surface area contributed by atoms with Crippen molar-refractivity contribution >= 4 is 28.3 Å². The van der Waals surface area contributed by atoms with E-state index in [0.717, 1.165) is 28.6 Å². The summed E-state index contributed by atoms with van der Waals surface area (Å²) in [5.74, 6) is -0.494. The third-order valence-electron chi connectivity index (χ3n) is 3.69. The summed E-state index contributed by atoms with van der Waals surface area (Å²) < 4.78 is 0. The number of para-hydroxylation sites is 1. The number of rotatable bonds is 0. The molecule has 4 heteroatoms. The van der Waals surface area contributed by atoms with Crippen molar-refractivity contribution in [3.05, 3.63) is 41.1 Å². The molecule has 1 aromatic heterocycles. The first kappa shape index (κ1) is 9.65. The maximum absolute atomic E-state index is 11.9. The summed E-state index contributed by atoms with van der Waals surface area (Å²) in [4.78, 5) is 26.9. The second-order valence-electron chi connectivity index (χ2n) is 4.66. The van der Waals surface area contributed by atoms with Crippen LogP contribution in [0.3, 0.4) is 0 Å². The summed E-state index contributed by atoms with van der Waals surface area (Å²) in [5, 5.41) is 3.41. The first-order valence-corrected chi connectivity index (χ1v) is 5.94. The van der Waals surface area contributed by atoms with Gasteiger partial charge in [-0.2, -0.15) is 0 Å². The first-order chi connectivity index (χ1) is 8.75. The van der Waals surface area contributed by atoms with E-state index in [0.29, 0.717) is 17.6 Å². The highest BCUT2D eigenvalue weighted by atomic mass is 16.2. The molecular formula is C14H10N2O2. The quantitative estimate of drug-likeness (QED) is 0.683. The zero-order chi connectivity index (χ0) is 12.3. The third kappa shape index (κ3) is 1.05. The summed E-state index contributed by atoms with van der Waals surface area (Å²) in [7, 11) is 0. The van der Waals surface area contributed by atoms with Crippen LogP contribution >= 0.6 is 0 Å². The SMILES string of the molecule is O=C1NC(=O)C2=C1CCc1[nH]c3ccccc3c12. The van der Waals surface area contributed by atoms with Gasteiger partial charge in [0.2, 0.25) is 0 Å². The van der Waals surface area contributed by atoms with Crippen LogP contribution in [0.2, 0.25) is 0 Å². The maximum atomic E-state index is 11.9. The van der Waals surface area contributed by atoms with Crippen molar-refractivity contribution in [2.75, 3.05) is 0 Å². The van der Waals surface area contributed by atoms with Gasteiger partial charge in [-0.1, -0.05) is 18.2 Å². The molecular weight excluding hydrogens is 228 g/mol. The standard InChI is InChI=1S/C14H10N2O2/c17-13-8-5-6-10-11(12(8)14(18)16-13)7-3-1-2-4-9(7)15-10/h1-4,15H,5-6H2,(H,16,17,18). The normalized spacial score (nSPS) is 18.0. The Hall–Kier alpha value is -2.36. The van der Waals surface area contributed by atoms with E-state index in [4.69, 9.17) is 0 Å². The predicted molar refractivity (Wildman–Crippen MR) is 66.7 cm³/mol. The summed E-state index contributed by atoms with van der Waals surface area (Å²) in [6, 6.07) is 7.87. The highest BCUT2D eigenvalue weighted by Gasteiger charge is 2.36. The van der Waals surface area contributed by atoms with Crippen LogP contribution in [0, 0.1) is 0 Å². The topological polar surface area (TPSA) is 62.0 Å². The van der Waals surface area contributed by atoms with Gasteiger partial charge in [0.25, 0.3) is 11.8 Å². The van der Waals surface area contributed by atoms with Gasteiger partial charge >= 0.3 is 0 Å². The van der Waals surface area contributed by atoms with E-state index < -0.39 is 0 Å². The highest BCUT2D eigenvalue weighted by Crippen LogP contribution is 2.38. The average Bonchev–Trinajstić information content (AvgIpc) is 2.87. The Kier molecular flexibility index (Phi) is 1.66. The van der Waals surface area contributed by atoms with Crippen molar-refractivity contribution in [1.29, 1.82) is 0 Å². The Morgan fingerprint density at radius 3 is 2.72 bits per heavy atom. The molecule has 4 rings (SSSR count). The van der Waals surface area contributed by atoms with Gasteiger partial charge in [-0.3, -0.25) is 14.9 Å². The van der Waals surface area contributed by atoms with Crippen LogP contribution in [-0.2, 0) is 16.0 Å². The zero-order valence-electron chi connectivity index (χ0n) is 9.54. The molecule has 0 unspecified atom stereocenters. The monoisotopic (exact) mass is 238 g/mol. The average molecular weight is 238 g/mol. The minimum absolute atomic E-state index is 0.231. The molecule has 2 N–H and O–H groups in total. The molecule has 0 bridgehead atoms. The molecule has 4 nitrogen and oxygen atoms in total. The molecule has 2 amide bonds. The summed E-state index contributed by atoms with van der Waals surface area (Å²) in [5.41, 5.74) is 4.19. The number of aryl methyl sites for hydroxylation is 1. The Morgan fingerprint density at radius 2 is 1.83 bits per heavy atom. The van der Waals surface area contributed by atoms with E-state index in [1.54, 1.807) is 0 Å². The van der Waals surface area contributed by atoms with E-state index >= 15 is 0 Å². The number of benzene rings is 1. The van der Waals surface area contributed by atoms with E-state index in [1.165, 1.54) is 0 Å². The molecule has 1 aromatic carbocycles. The number of amides is 2. The minimum Gasteiger partial charge on any atom is -0.358 e. The summed E-state index contributed by atoms with van der Waals surface area (Å²) in [6.45, 7) is 0. The van der Waals surface area contributed by atoms with Gasteiger partial charge in [-0.05, 0) is 18.9 Å². The number of hydrogen-bond donors (Lipinski definition) is 2. The Bertz CT molecular complexity index is 752. The summed E-state index contributed by atoms with van der Waals surface area (Å²) in [6.07, 6.45) is 1.41. The summed E-state index contributed by atoms with van der Waals surface area (Å²) >= 11 is 0. The van der Waals surface area contributed by atoms with E-state index in [2.05, 4.69) is 10.3 Å². The highest BCUT2D eigenvalue weighted by molar-refractivity contribution is 6.38. The lowest BCUT2D eigenvalue weighted by Gasteiger charge is -2.11. The van der Waals surface area contributed by atoms with Gasteiger partial charge in [0, 0.05) is 27.7 Å². The van der Waals surface area contributed by atoms with Crippen LogP contribution < -0.4 is 5.32 Å². The number of fused-ring (bicyclic) bond motifs is 4. The van der Waals surface area contributed by atoms with Crippen molar-refractivity contribution in [3.8, 4) is 0 Å². The van der Waals surface area contributed by atoms with Crippen LogP contribution in [0.4, 0.5) is 0 Å². The lowest BCUT2D eigenvalue weighted by molar-refractivity contribution is -0.123. The Labute approximate surface area is 103 Å². The molecule has 88 valence electrons. The number of aromatic amines is 1. The number of carbonyl (C=O) groups is 2. The third-order valence-corrected chi connectivity index (χ3v) is 3.69. The van der Waals surface area contributed by atoms with Crippen LogP contribution in [0.15, 0.2) is 29.8 Å². The zero-order valence-corrected chi connectivity index (χ0v) is 9.54. The fourth-order valence-electron chi connectivity index (χ4n) is 2.92. The molecule has 1 aliphatic heterocycles. The van der Waals surface area contributed by atoms with E-state index in [-0.39, 0.29) is 11.8 Å². The van der Waals surface area contributed by atoms with Crippen LogP contribution in [0.25, 0.3) is 16.5 Å². The molecule has 0 saturated heterocycles. The largest absolute Gasteiger partial charge is 0.358 e. The van der Waals surface area contributed by atoms with Gasteiger partial charge < -0.3 is 4.98 Å². The number of hydrogen-bond acceptors (Lipinski definition) is 2. The first-order valence-electron chi connectivity index (χ1n) is 5.94. The van der Waals surface area contributed by atoms with Crippen molar-refractivity contribution < 1.29 is 9.59 Å². The van der Waals surface area contributed by atoms with Crippen LogP contribution in [-0.4, -0.2) is 16.8 Å². The van der Waals surface area contributed by atoms with E-state index in [9.17, 15) is 9.59 Å². The number of nitrogens with one attached hydrogen (secondary N) is 2. The smallest absolute Gasteiger partial charge is 0.259 e. The molecule has 2 heterocycles. The van der Waals surface area contributed by atoms with Crippen LogP contribution in [0.1, 0.15) is 17.7 Å². The molecule has 1 aliphatic carbocycles. The maximum Gasteiger partial charge on any atom is 0.259 e. The molecule has 18 heavy (non-hydrogen) atoms. The van der Waals surface area contributed by atoms with Gasteiger partial charge in [0.15, 0.2) is 0 Å².